The summed E-state index contributed by atoms with van der Waals surface area (Å²) in [6.45, 7) is 0. The van der Waals surface area contributed by atoms with Crippen molar-refractivity contribution < 1.29 is 24.4 Å². The van der Waals surface area contributed by atoms with Gasteiger partial charge >= 0.3 is 5.69 Å². The number of rotatable bonds is 5. The van der Waals surface area contributed by atoms with Crippen LogP contribution in [0.4, 0.5) is 11.4 Å². The molecule has 1 aromatic heterocycles. The van der Waals surface area contributed by atoms with E-state index in [4.69, 9.17) is 15.2 Å². The molecule has 13 nitrogen and oxygen atoms in total. The summed E-state index contributed by atoms with van der Waals surface area (Å²) in [7, 11) is 1.22. The molecule has 4 rings (SSSR count). The van der Waals surface area contributed by atoms with Crippen molar-refractivity contribution in [3.63, 3.8) is 0 Å². The first kappa shape index (κ1) is 21.1. The number of ether oxygens (including phenoxy) is 2. The molecule has 0 amide bonds. The maximum atomic E-state index is 11.5. The number of nitrogens with zero attached hydrogens (tertiary/aromatic N) is 4. The maximum Gasteiger partial charge on any atom is 0.314 e. The average Bonchev–Trinajstić information content (AvgIpc) is 3.21. The number of nitrogens with two attached hydrogens (primary N) is 1. The topological polar surface area (TPSA) is 203 Å². The van der Waals surface area contributed by atoms with Crippen LogP contribution in [-0.4, -0.2) is 32.3 Å². The van der Waals surface area contributed by atoms with Crippen LogP contribution in [0.1, 0.15) is 17.0 Å². The lowest BCUT2D eigenvalue weighted by atomic mass is 9.82. The second-order valence-corrected chi connectivity index (χ2v) is 6.90. The van der Waals surface area contributed by atoms with Crippen LogP contribution in [0.15, 0.2) is 47.9 Å². The van der Waals surface area contributed by atoms with Crippen LogP contribution in [0, 0.1) is 31.6 Å². The van der Waals surface area contributed by atoms with E-state index in [1.165, 1.54) is 31.4 Å². The Bertz CT molecular complexity index is 1390. The molecule has 0 bridgehead atoms. The third-order valence-electron chi connectivity index (χ3n) is 5.11. The van der Waals surface area contributed by atoms with Crippen LogP contribution in [0.5, 0.6) is 17.4 Å². The molecule has 4 N–H and O–H groups in total. The van der Waals surface area contributed by atoms with E-state index in [0.29, 0.717) is 5.56 Å². The van der Waals surface area contributed by atoms with Crippen LogP contribution in [0.3, 0.4) is 0 Å². The van der Waals surface area contributed by atoms with Gasteiger partial charge in [0.2, 0.25) is 17.5 Å². The van der Waals surface area contributed by atoms with Crippen molar-refractivity contribution >= 4 is 11.4 Å². The van der Waals surface area contributed by atoms with Crippen molar-refractivity contribution in [2.45, 2.75) is 5.92 Å². The first-order valence-corrected chi connectivity index (χ1v) is 9.22. The first-order chi connectivity index (χ1) is 15.8. The summed E-state index contributed by atoms with van der Waals surface area (Å²) in [6, 6.07) is 10.0. The summed E-state index contributed by atoms with van der Waals surface area (Å²) in [4.78, 5) is 21.4. The molecule has 13 heteroatoms. The van der Waals surface area contributed by atoms with Gasteiger partial charge in [0.1, 0.15) is 11.6 Å². The fourth-order valence-corrected chi connectivity index (χ4v) is 3.65. The van der Waals surface area contributed by atoms with Gasteiger partial charge in [0.25, 0.3) is 5.69 Å². The Morgan fingerprint density at radius 1 is 1.27 bits per heavy atom. The van der Waals surface area contributed by atoms with Gasteiger partial charge in [0.15, 0.2) is 5.75 Å². The lowest BCUT2D eigenvalue weighted by molar-refractivity contribution is -0.386. The minimum Gasteiger partial charge on any atom is -0.500 e. The van der Waals surface area contributed by atoms with E-state index in [9.17, 15) is 30.6 Å². The number of hydrogen-bond acceptors (Lipinski definition) is 10. The zero-order chi connectivity index (χ0) is 23.9. The third-order valence-corrected chi connectivity index (χ3v) is 5.11. The molecular weight excluding hydrogens is 436 g/mol. The fourth-order valence-electron chi connectivity index (χ4n) is 3.65. The molecule has 1 atom stereocenters. The highest BCUT2D eigenvalue weighted by molar-refractivity contribution is 5.73. The van der Waals surface area contributed by atoms with Crippen LogP contribution >= 0.6 is 0 Å². The van der Waals surface area contributed by atoms with E-state index in [2.05, 4.69) is 10.2 Å². The third kappa shape index (κ3) is 3.41. The van der Waals surface area contributed by atoms with Gasteiger partial charge in [-0.2, -0.15) is 5.26 Å². The van der Waals surface area contributed by atoms with Crippen molar-refractivity contribution in [2.24, 2.45) is 5.73 Å². The predicted molar refractivity (Wildman–Crippen MR) is 111 cm³/mol. The summed E-state index contributed by atoms with van der Waals surface area (Å²) < 4.78 is 10.5. The Morgan fingerprint density at radius 2 is 2.03 bits per heavy atom. The normalized spacial score (nSPS) is 14.7. The molecule has 0 spiro atoms. The van der Waals surface area contributed by atoms with Gasteiger partial charge in [-0.3, -0.25) is 25.3 Å². The Labute approximate surface area is 184 Å². The van der Waals surface area contributed by atoms with E-state index >= 15 is 0 Å². The van der Waals surface area contributed by atoms with Crippen LogP contribution in [0.25, 0.3) is 11.3 Å². The number of allylic oxidation sites excluding steroid dienone is 1. The summed E-state index contributed by atoms with van der Waals surface area (Å²) in [6.07, 6.45) is 0. The number of nitrogens with one attached hydrogen (secondary N) is 1. The number of aromatic amines is 1. The SMILES string of the molecule is COc1cc(C2C(C#N)=C(N)Oc3n[nH]c(-c4cccc([N+](=O)[O-])c4)c32)cc([N+](=O)[O-])c1O. The minimum absolute atomic E-state index is 0.00676. The molecule has 33 heavy (non-hydrogen) atoms. The monoisotopic (exact) mass is 450 g/mol. The summed E-state index contributed by atoms with van der Waals surface area (Å²) in [5, 5.41) is 49.5. The molecule has 1 aliphatic rings. The van der Waals surface area contributed by atoms with Gasteiger partial charge in [-0.15, -0.1) is 5.10 Å². The number of phenols is 1. The molecule has 0 aliphatic carbocycles. The number of methoxy groups -OCH3 is 1. The van der Waals surface area contributed by atoms with Crippen LogP contribution < -0.4 is 15.2 Å². The standard InChI is InChI=1S/C20H14N6O7/c1-32-14-7-10(6-13(18(14)27)26(30)31)15-12(8-21)19(22)33-20-16(15)17(23-24-20)9-3-2-4-11(5-9)25(28)29/h2-7,15,27H,22H2,1H3,(H,23,24). The number of aromatic hydroxyl groups is 1. The summed E-state index contributed by atoms with van der Waals surface area (Å²) in [5.41, 5.74) is 6.14. The average molecular weight is 450 g/mol. The zero-order valence-electron chi connectivity index (χ0n) is 16.8. The Hall–Kier alpha value is -5.12. The maximum absolute atomic E-state index is 11.5. The van der Waals surface area contributed by atoms with E-state index in [1.54, 1.807) is 6.07 Å². The quantitative estimate of drug-likeness (QED) is 0.383. The second-order valence-electron chi connectivity index (χ2n) is 6.90. The molecule has 3 aromatic rings. The molecule has 0 saturated heterocycles. The van der Waals surface area contributed by atoms with E-state index in [-0.39, 0.29) is 45.6 Å². The van der Waals surface area contributed by atoms with Gasteiger partial charge in [-0.25, -0.2) is 0 Å². The van der Waals surface area contributed by atoms with Gasteiger partial charge < -0.3 is 20.3 Å². The molecule has 2 aromatic carbocycles. The number of fused-ring (bicyclic) bond motifs is 1. The van der Waals surface area contributed by atoms with Crippen LogP contribution in [-0.2, 0) is 0 Å². The summed E-state index contributed by atoms with van der Waals surface area (Å²) >= 11 is 0. The Kier molecular flexibility index (Phi) is 5.03. The van der Waals surface area contributed by atoms with Crippen molar-refractivity contribution in [3.8, 4) is 34.7 Å². The highest BCUT2D eigenvalue weighted by Gasteiger charge is 2.37. The number of non-ortho nitro benzene ring substituents is 1. The van der Waals surface area contributed by atoms with Crippen molar-refractivity contribution in [2.75, 3.05) is 7.11 Å². The smallest absolute Gasteiger partial charge is 0.314 e. The fraction of sp³-hybridized carbons (Fsp3) is 0.100. The molecule has 1 aliphatic heterocycles. The highest BCUT2D eigenvalue weighted by Crippen LogP contribution is 2.49. The number of aromatic nitrogens is 2. The van der Waals surface area contributed by atoms with E-state index in [0.717, 1.165) is 6.07 Å². The largest absolute Gasteiger partial charge is 0.500 e. The number of phenolic OH excluding ortho intramolecular Hbond substituents is 1. The van der Waals surface area contributed by atoms with Gasteiger partial charge in [0, 0.05) is 23.8 Å². The molecular formula is C20H14N6O7. The number of H-pyrrole nitrogens is 1. The molecule has 166 valence electrons. The lowest BCUT2D eigenvalue weighted by Gasteiger charge is -2.24. The van der Waals surface area contributed by atoms with Gasteiger partial charge in [-0.05, 0) is 11.6 Å². The van der Waals surface area contributed by atoms with Crippen molar-refractivity contribution in [1.29, 1.82) is 5.26 Å². The highest BCUT2D eigenvalue weighted by atomic mass is 16.6. The number of hydrogen-bond donors (Lipinski definition) is 3. The zero-order valence-corrected chi connectivity index (χ0v) is 16.8. The molecule has 1 unspecified atom stereocenters. The van der Waals surface area contributed by atoms with E-state index < -0.39 is 27.2 Å². The van der Waals surface area contributed by atoms with Gasteiger partial charge in [0.05, 0.1) is 34.1 Å². The lowest BCUT2D eigenvalue weighted by Crippen LogP contribution is -2.21. The number of nitriles is 1. The number of nitro benzene ring substituents is 2. The van der Waals surface area contributed by atoms with Gasteiger partial charge in [-0.1, -0.05) is 12.1 Å². The molecule has 2 heterocycles. The molecule has 0 radical (unpaired) electrons. The summed E-state index contributed by atoms with van der Waals surface area (Å²) in [5.74, 6) is -2.15. The molecule has 0 saturated carbocycles. The van der Waals surface area contributed by atoms with E-state index in [1.807, 2.05) is 6.07 Å². The second kappa shape index (κ2) is 7.85. The minimum atomic E-state index is -1.01. The Balaban J connectivity index is 2.00. The first-order valence-electron chi connectivity index (χ1n) is 9.22. The number of nitro groups is 2. The van der Waals surface area contributed by atoms with Crippen LogP contribution in [0.2, 0.25) is 0 Å². The molecule has 0 fully saturated rings. The number of benzene rings is 2. The van der Waals surface area contributed by atoms with Crippen molar-refractivity contribution in [3.05, 3.63) is 79.2 Å². The Morgan fingerprint density at radius 3 is 2.67 bits per heavy atom. The van der Waals surface area contributed by atoms with Crippen molar-refractivity contribution in [1.82, 2.24) is 10.2 Å². The predicted octanol–water partition coefficient (Wildman–Crippen LogP) is 2.83.